The molecule has 0 spiro atoms. The molecule has 1 rings (SSSR count). The number of carbonyl (C=O) groups excluding carboxylic acids is 1. The van der Waals surface area contributed by atoms with E-state index < -0.39 is 30.4 Å². The molecule has 1 aliphatic heterocycles. The summed E-state index contributed by atoms with van der Waals surface area (Å²) in [6.07, 6.45) is -0.393. The van der Waals surface area contributed by atoms with Crippen molar-refractivity contribution in [3.8, 4) is 0 Å². The molecule has 0 bridgehead atoms. The van der Waals surface area contributed by atoms with Gasteiger partial charge in [0, 0.05) is 12.3 Å². The van der Waals surface area contributed by atoms with Gasteiger partial charge >= 0.3 is 5.97 Å². The van der Waals surface area contributed by atoms with Gasteiger partial charge in [-0.2, -0.15) is 0 Å². The normalized spacial score (nSPS) is 30.3. The number of halogens is 3. The van der Waals surface area contributed by atoms with Crippen molar-refractivity contribution in [3.05, 3.63) is 0 Å². The van der Waals surface area contributed by atoms with E-state index in [1.807, 2.05) is 0 Å². The molecule has 1 saturated heterocycles. The Labute approximate surface area is 85.7 Å². The van der Waals surface area contributed by atoms with E-state index in [2.05, 4.69) is 10.1 Å². The van der Waals surface area contributed by atoms with Gasteiger partial charge in [0.25, 0.3) is 5.92 Å². The zero-order chi connectivity index (χ0) is 10.8. The lowest BCUT2D eigenvalue weighted by atomic mass is 9.93. The zero-order valence-corrected chi connectivity index (χ0v) is 8.53. The molecule has 6 heteroatoms. The Balaban J connectivity index is 2.80. The van der Waals surface area contributed by atoms with Crippen LogP contribution in [0.2, 0.25) is 0 Å². The summed E-state index contributed by atoms with van der Waals surface area (Å²) in [6.45, 7) is -0.501. The average Bonchev–Trinajstić information content (AvgIpc) is 2.42. The predicted octanol–water partition coefficient (Wildman–Crippen LogP) is 1.16. The molecule has 1 heterocycles. The molecule has 0 radical (unpaired) electrons. The minimum Gasteiger partial charge on any atom is -0.468 e. The van der Waals surface area contributed by atoms with Crippen LogP contribution in [0.5, 0.6) is 0 Å². The van der Waals surface area contributed by atoms with Crippen molar-refractivity contribution < 1.29 is 18.3 Å². The van der Waals surface area contributed by atoms with Crippen LogP contribution in [0.4, 0.5) is 8.78 Å². The van der Waals surface area contributed by atoms with Gasteiger partial charge in [0.2, 0.25) is 0 Å². The summed E-state index contributed by atoms with van der Waals surface area (Å²) < 4.78 is 30.4. The number of nitrogens with one attached hydrogen (secondary N) is 1. The number of esters is 1. The van der Waals surface area contributed by atoms with Crippen LogP contribution >= 0.6 is 11.6 Å². The minimum atomic E-state index is -2.86. The van der Waals surface area contributed by atoms with Crippen LogP contribution in [-0.2, 0) is 9.53 Å². The maximum atomic E-state index is 12.9. The first-order valence-corrected chi connectivity index (χ1v) is 4.76. The Morgan fingerprint density at radius 1 is 1.64 bits per heavy atom. The summed E-state index contributed by atoms with van der Waals surface area (Å²) in [5, 5.41) is 2.50. The van der Waals surface area contributed by atoms with Crippen molar-refractivity contribution in [2.24, 2.45) is 0 Å². The fraction of sp³-hybridized carbons (Fsp3) is 0.875. The maximum Gasteiger partial charge on any atom is 0.326 e. The van der Waals surface area contributed by atoms with Crippen LogP contribution < -0.4 is 5.32 Å². The molecular weight excluding hydrogens is 216 g/mol. The quantitative estimate of drug-likeness (QED) is 0.581. The molecule has 0 aromatic carbocycles. The molecule has 0 amide bonds. The molecule has 1 atom stereocenters. The van der Waals surface area contributed by atoms with Gasteiger partial charge in [-0.15, -0.1) is 11.6 Å². The molecule has 1 N–H and O–H groups in total. The first-order valence-electron chi connectivity index (χ1n) is 4.23. The average molecular weight is 228 g/mol. The van der Waals surface area contributed by atoms with Crippen molar-refractivity contribution in [1.82, 2.24) is 5.32 Å². The van der Waals surface area contributed by atoms with Crippen LogP contribution in [0, 0.1) is 0 Å². The summed E-state index contributed by atoms with van der Waals surface area (Å²) in [5.41, 5.74) is -1.31. The first kappa shape index (κ1) is 11.7. The second kappa shape index (κ2) is 3.98. The highest BCUT2D eigenvalue weighted by molar-refractivity contribution is 6.18. The summed E-state index contributed by atoms with van der Waals surface area (Å²) in [4.78, 5) is 11.3. The van der Waals surface area contributed by atoms with E-state index in [9.17, 15) is 13.6 Å². The maximum absolute atomic E-state index is 12.9. The third kappa shape index (κ3) is 2.15. The second-order valence-electron chi connectivity index (χ2n) is 3.40. The summed E-state index contributed by atoms with van der Waals surface area (Å²) in [7, 11) is 1.18. The second-order valence-corrected chi connectivity index (χ2v) is 3.78. The smallest absolute Gasteiger partial charge is 0.326 e. The molecular formula is C8H12ClF2NO2. The Morgan fingerprint density at radius 3 is 2.64 bits per heavy atom. The van der Waals surface area contributed by atoms with Crippen LogP contribution in [0.3, 0.4) is 0 Å². The highest BCUT2D eigenvalue weighted by Crippen LogP contribution is 2.35. The Morgan fingerprint density at radius 2 is 2.29 bits per heavy atom. The van der Waals surface area contributed by atoms with Gasteiger partial charge in [-0.05, 0) is 6.42 Å². The van der Waals surface area contributed by atoms with Crippen LogP contribution in [0.1, 0.15) is 12.8 Å². The molecule has 1 unspecified atom stereocenters. The van der Waals surface area contributed by atoms with Gasteiger partial charge in [-0.3, -0.25) is 10.1 Å². The fourth-order valence-corrected chi connectivity index (χ4v) is 1.97. The van der Waals surface area contributed by atoms with Crippen molar-refractivity contribution in [3.63, 3.8) is 0 Å². The molecule has 0 saturated carbocycles. The largest absolute Gasteiger partial charge is 0.468 e. The Kier molecular flexibility index (Phi) is 3.32. The SMILES string of the molecule is COC(=O)C1(CCCl)CC(F)(F)CN1. The first-order chi connectivity index (χ1) is 6.46. The third-order valence-electron chi connectivity index (χ3n) is 2.34. The molecule has 82 valence electrons. The van der Waals surface area contributed by atoms with Gasteiger partial charge in [0.15, 0.2) is 0 Å². The van der Waals surface area contributed by atoms with Gasteiger partial charge < -0.3 is 4.74 Å². The molecule has 14 heavy (non-hydrogen) atoms. The summed E-state index contributed by atoms with van der Waals surface area (Å²) >= 11 is 5.47. The lowest BCUT2D eigenvalue weighted by Crippen LogP contribution is -2.48. The predicted molar refractivity (Wildman–Crippen MR) is 47.7 cm³/mol. The van der Waals surface area contributed by atoms with Crippen molar-refractivity contribution >= 4 is 17.6 Å². The summed E-state index contributed by atoms with van der Waals surface area (Å²) in [5.74, 6) is -3.39. The van der Waals surface area contributed by atoms with Crippen molar-refractivity contribution in [2.75, 3.05) is 19.5 Å². The van der Waals surface area contributed by atoms with Crippen LogP contribution in [-0.4, -0.2) is 37.0 Å². The van der Waals surface area contributed by atoms with Gasteiger partial charge in [-0.1, -0.05) is 0 Å². The lowest BCUT2D eigenvalue weighted by molar-refractivity contribution is -0.149. The van der Waals surface area contributed by atoms with E-state index in [1.54, 1.807) is 0 Å². The van der Waals surface area contributed by atoms with E-state index in [4.69, 9.17) is 11.6 Å². The molecule has 1 fully saturated rings. The van der Waals surface area contributed by atoms with Gasteiger partial charge in [0.1, 0.15) is 5.54 Å². The number of methoxy groups -OCH3 is 1. The van der Waals surface area contributed by atoms with E-state index in [-0.39, 0.29) is 12.3 Å². The van der Waals surface area contributed by atoms with Crippen LogP contribution in [0.15, 0.2) is 0 Å². The Bertz CT molecular complexity index is 237. The third-order valence-corrected chi connectivity index (χ3v) is 2.53. The molecule has 0 aromatic heterocycles. The van der Waals surface area contributed by atoms with E-state index >= 15 is 0 Å². The lowest BCUT2D eigenvalue weighted by Gasteiger charge is -2.24. The molecule has 0 aromatic rings. The van der Waals surface area contributed by atoms with E-state index in [0.717, 1.165) is 0 Å². The van der Waals surface area contributed by atoms with Gasteiger partial charge in [0.05, 0.1) is 13.7 Å². The minimum absolute atomic E-state index is 0.137. The monoisotopic (exact) mass is 227 g/mol. The molecule has 3 nitrogen and oxygen atoms in total. The number of carbonyl (C=O) groups is 1. The molecule has 1 aliphatic rings. The number of rotatable bonds is 3. The molecule has 0 aliphatic carbocycles. The standard InChI is InChI=1S/C8H12ClF2NO2/c1-14-6(13)7(2-3-9)4-8(10,11)5-12-7/h12H,2-5H2,1H3. The zero-order valence-electron chi connectivity index (χ0n) is 7.78. The van der Waals surface area contributed by atoms with E-state index in [0.29, 0.717) is 0 Å². The summed E-state index contributed by atoms with van der Waals surface area (Å²) in [6, 6.07) is 0. The highest BCUT2D eigenvalue weighted by Gasteiger charge is 2.53. The van der Waals surface area contributed by atoms with E-state index in [1.165, 1.54) is 7.11 Å². The highest BCUT2D eigenvalue weighted by atomic mass is 35.5. The number of hydrogen-bond donors (Lipinski definition) is 1. The number of hydrogen-bond acceptors (Lipinski definition) is 3. The van der Waals surface area contributed by atoms with Crippen molar-refractivity contribution in [2.45, 2.75) is 24.3 Å². The topological polar surface area (TPSA) is 38.3 Å². The van der Waals surface area contributed by atoms with Gasteiger partial charge in [-0.25, -0.2) is 8.78 Å². The van der Waals surface area contributed by atoms with Crippen molar-refractivity contribution in [1.29, 1.82) is 0 Å². The van der Waals surface area contributed by atoms with Crippen LogP contribution in [0.25, 0.3) is 0 Å². The number of alkyl halides is 3. The number of ether oxygens (including phenoxy) is 1. The fourth-order valence-electron chi connectivity index (χ4n) is 1.64. The Hall–Kier alpha value is -0.420.